The van der Waals surface area contributed by atoms with Gasteiger partial charge in [-0.15, -0.1) is 0 Å². The number of amides is 2. The number of methoxy groups -OCH3 is 1. The molecule has 6 nitrogen and oxygen atoms in total. The average molecular weight is 484 g/mol. The van der Waals surface area contributed by atoms with Crippen LogP contribution in [0.3, 0.4) is 0 Å². The molecule has 194 valence electrons. The first-order valence-electron chi connectivity index (χ1n) is 13.7. The molecule has 0 N–H and O–H groups in total. The molecule has 35 heavy (non-hydrogen) atoms. The van der Waals surface area contributed by atoms with Gasteiger partial charge in [0.2, 0.25) is 11.8 Å². The van der Waals surface area contributed by atoms with E-state index in [9.17, 15) is 9.59 Å². The highest BCUT2D eigenvalue weighted by Gasteiger charge is 2.28. The van der Waals surface area contributed by atoms with Crippen molar-refractivity contribution in [3.05, 3.63) is 35.9 Å². The Balaban J connectivity index is 1.50. The summed E-state index contributed by atoms with van der Waals surface area (Å²) in [6, 6.07) is 7.93. The van der Waals surface area contributed by atoms with Crippen LogP contribution in [0.25, 0.3) is 6.08 Å². The largest absolute Gasteiger partial charge is 0.496 e. The normalized spacial score (nSPS) is 17.6. The third kappa shape index (κ3) is 8.68. The predicted octanol–water partition coefficient (Wildman–Crippen LogP) is 4.84. The summed E-state index contributed by atoms with van der Waals surface area (Å²) >= 11 is 0. The predicted molar refractivity (Wildman–Crippen MR) is 142 cm³/mol. The second kappa shape index (κ2) is 14.9. The summed E-state index contributed by atoms with van der Waals surface area (Å²) in [6.07, 6.45) is 13.7. The van der Waals surface area contributed by atoms with Crippen LogP contribution in [0.2, 0.25) is 0 Å². The van der Waals surface area contributed by atoms with Crippen LogP contribution in [0, 0.1) is 5.92 Å². The fourth-order valence-electron chi connectivity index (χ4n) is 5.17. The van der Waals surface area contributed by atoms with Gasteiger partial charge in [0.15, 0.2) is 0 Å². The standard InChI is InChI=1S/C29H45N3O3/c1-3-4-6-17-28(33)31(18-11-15-25-12-9-10-16-27(25)35-2)22-19-30-20-23-32(24-21-30)29(34)26-13-7-5-8-14-26/h9-12,15-16,26H,3-8,13-14,17-24H2,1-2H3/b15-11+. The lowest BCUT2D eigenvalue weighted by molar-refractivity contribution is -0.138. The zero-order valence-electron chi connectivity index (χ0n) is 21.9. The number of piperazine rings is 1. The summed E-state index contributed by atoms with van der Waals surface area (Å²) in [7, 11) is 1.68. The zero-order chi connectivity index (χ0) is 24.9. The Morgan fingerprint density at radius 2 is 1.80 bits per heavy atom. The molecule has 1 saturated carbocycles. The van der Waals surface area contributed by atoms with E-state index in [1.807, 2.05) is 35.2 Å². The van der Waals surface area contributed by atoms with Crippen molar-refractivity contribution in [2.75, 3.05) is 52.9 Å². The van der Waals surface area contributed by atoms with Crippen molar-refractivity contribution in [1.82, 2.24) is 14.7 Å². The highest BCUT2D eigenvalue weighted by molar-refractivity contribution is 5.79. The summed E-state index contributed by atoms with van der Waals surface area (Å²) in [4.78, 5) is 32.3. The summed E-state index contributed by atoms with van der Waals surface area (Å²) in [6.45, 7) is 7.76. The Morgan fingerprint density at radius 3 is 2.51 bits per heavy atom. The minimum Gasteiger partial charge on any atom is -0.496 e. The van der Waals surface area contributed by atoms with E-state index in [-0.39, 0.29) is 11.8 Å². The third-order valence-corrected chi connectivity index (χ3v) is 7.43. The molecular weight excluding hydrogens is 438 g/mol. The lowest BCUT2D eigenvalue weighted by Gasteiger charge is -2.37. The van der Waals surface area contributed by atoms with Crippen LogP contribution >= 0.6 is 0 Å². The molecule has 0 unspecified atom stereocenters. The van der Waals surface area contributed by atoms with Gasteiger partial charge in [-0.3, -0.25) is 14.5 Å². The van der Waals surface area contributed by atoms with Crippen molar-refractivity contribution in [1.29, 1.82) is 0 Å². The van der Waals surface area contributed by atoms with Crippen molar-refractivity contribution in [2.24, 2.45) is 5.92 Å². The first kappa shape index (κ1) is 27.3. The summed E-state index contributed by atoms with van der Waals surface area (Å²) < 4.78 is 5.44. The zero-order valence-corrected chi connectivity index (χ0v) is 21.9. The van der Waals surface area contributed by atoms with Crippen LogP contribution in [0.4, 0.5) is 0 Å². The summed E-state index contributed by atoms with van der Waals surface area (Å²) in [5, 5.41) is 0. The quantitative estimate of drug-likeness (QED) is 0.399. The molecule has 1 saturated heterocycles. The first-order chi connectivity index (χ1) is 17.1. The van der Waals surface area contributed by atoms with Gasteiger partial charge in [-0.1, -0.05) is 69.4 Å². The first-order valence-corrected chi connectivity index (χ1v) is 13.7. The number of hydrogen-bond acceptors (Lipinski definition) is 4. The molecule has 1 heterocycles. The molecule has 2 fully saturated rings. The Morgan fingerprint density at radius 1 is 1.06 bits per heavy atom. The van der Waals surface area contributed by atoms with Crippen molar-refractivity contribution in [3.8, 4) is 5.75 Å². The minimum atomic E-state index is 0.231. The Bertz CT molecular complexity index is 811. The molecule has 2 amide bonds. The maximum absolute atomic E-state index is 13.0. The average Bonchev–Trinajstić information content (AvgIpc) is 2.91. The van der Waals surface area contributed by atoms with Crippen LogP contribution < -0.4 is 4.74 Å². The van der Waals surface area contributed by atoms with Gasteiger partial charge < -0.3 is 14.5 Å². The van der Waals surface area contributed by atoms with Crippen LogP contribution in [-0.4, -0.2) is 79.4 Å². The van der Waals surface area contributed by atoms with Crippen LogP contribution in [-0.2, 0) is 9.59 Å². The van der Waals surface area contributed by atoms with E-state index in [2.05, 4.69) is 22.8 Å². The minimum absolute atomic E-state index is 0.231. The van der Waals surface area contributed by atoms with Gasteiger partial charge in [0.25, 0.3) is 0 Å². The van der Waals surface area contributed by atoms with Gasteiger partial charge in [-0.25, -0.2) is 0 Å². The summed E-state index contributed by atoms with van der Waals surface area (Å²) in [5.74, 6) is 1.69. The molecule has 1 aromatic rings. The molecule has 1 aromatic carbocycles. The lowest BCUT2D eigenvalue weighted by atomic mass is 9.88. The number of rotatable bonds is 12. The molecule has 0 radical (unpaired) electrons. The molecule has 0 aromatic heterocycles. The number of carbonyl (C=O) groups excluding carboxylic acids is 2. The van der Waals surface area contributed by atoms with Gasteiger partial charge in [0.1, 0.15) is 5.75 Å². The van der Waals surface area contributed by atoms with E-state index >= 15 is 0 Å². The van der Waals surface area contributed by atoms with E-state index in [1.54, 1.807) is 7.11 Å². The number of hydrogen-bond donors (Lipinski definition) is 0. The van der Waals surface area contributed by atoms with Gasteiger partial charge in [0.05, 0.1) is 7.11 Å². The number of benzene rings is 1. The fourth-order valence-corrected chi connectivity index (χ4v) is 5.17. The fraction of sp³-hybridized carbons (Fsp3) is 0.655. The molecule has 6 heteroatoms. The van der Waals surface area contributed by atoms with Gasteiger partial charge in [-0.05, 0) is 25.3 Å². The van der Waals surface area contributed by atoms with Gasteiger partial charge in [0, 0.05) is 63.7 Å². The Labute approximate surface area is 212 Å². The number of unbranched alkanes of at least 4 members (excludes halogenated alkanes) is 2. The smallest absolute Gasteiger partial charge is 0.225 e. The molecule has 1 aliphatic carbocycles. The molecular formula is C29H45N3O3. The molecule has 0 spiro atoms. The SMILES string of the molecule is CCCCCC(=O)N(C/C=C/c1ccccc1OC)CCN1CCN(C(=O)C2CCCCC2)CC1. The molecule has 0 atom stereocenters. The number of para-hydroxylation sites is 1. The maximum Gasteiger partial charge on any atom is 0.225 e. The van der Waals surface area contributed by atoms with E-state index in [1.165, 1.54) is 19.3 Å². The second-order valence-corrected chi connectivity index (χ2v) is 9.94. The van der Waals surface area contributed by atoms with Crippen molar-refractivity contribution in [2.45, 2.75) is 64.7 Å². The van der Waals surface area contributed by atoms with Crippen molar-refractivity contribution in [3.63, 3.8) is 0 Å². The number of nitrogens with zero attached hydrogens (tertiary/aromatic N) is 3. The van der Waals surface area contributed by atoms with Crippen LogP contribution in [0.1, 0.15) is 70.3 Å². The third-order valence-electron chi connectivity index (χ3n) is 7.43. The Kier molecular flexibility index (Phi) is 11.6. The van der Waals surface area contributed by atoms with E-state index in [4.69, 9.17) is 4.74 Å². The van der Waals surface area contributed by atoms with Crippen molar-refractivity contribution >= 4 is 17.9 Å². The summed E-state index contributed by atoms with van der Waals surface area (Å²) in [5.41, 5.74) is 1.02. The molecule has 1 aliphatic heterocycles. The number of ether oxygens (including phenoxy) is 1. The van der Waals surface area contributed by atoms with Gasteiger partial charge in [-0.2, -0.15) is 0 Å². The van der Waals surface area contributed by atoms with Crippen LogP contribution in [0.15, 0.2) is 30.3 Å². The van der Waals surface area contributed by atoms with Crippen LogP contribution in [0.5, 0.6) is 5.75 Å². The Hall–Kier alpha value is -2.34. The topological polar surface area (TPSA) is 53.1 Å². The van der Waals surface area contributed by atoms with E-state index < -0.39 is 0 Å². The molecule has 0 bridgehead atoms. The van der Waals surface area contributed by atoms with E-state index in [0.29, 0.717) is 18.9 Å². The monoisotopic (exact) mass is 483 g/mol. The highest BCUT2D eigenvalue weighted by atomic mass is 16.5. The molecule has 3 rings (SSSR count). The van der Waals surface area contributed by atoms with E-state index in [0.717, 1.165) is 82.7 Å². The molecule has 2 aliphatic rings. The second-order valence-electron chi connectivity index (χ2n) is 9.94. The highest BCUT2D eigenvalue weighted by Crippen LogP contribution is 2.26. The number of carbonyl (C=O) groups is 2. The van der Waals surface area contributed by atoms with Crippen molar-refractivity contribution < 1.29 is 14.3 Å². The van der Waals surface area contributed by atoms with Gasteiger partial charge >= 0.3 is 0 Å². The lowest BCUT2D eigenvalue weighted by Crippen LogP contribution is -2.52. The maximum atomic E-state index is 13.0.